The molecule has 1 N–H and O–H groups in total. The zero-order valence-electron chi connectivity index (χ0n) is 10.1. The van der Waals surface area contributed by atoms with Gasteiger partial charge in [-0.25, -0.2) is 0 Å². The van der Waals surface area contributed by atoms with Gasteiger partial charge in [0, 0.05) is 32.0 Å². The molecule has 1 unspecified atom stereocenters. The summed E-state index contributed by atoms with van der Waals surface area (Å²) in [5.41, 5.74) is 2.04. The van der Waals surface area contributed by atoms with E-state index in [0.717, 1.165) is 24.0 Å². The smallest absolute Gasteiger partial charge is 0.248 e. The van der Waals surface area contributed by atoms with Crippen LogP contribution < -0.4 is 5.56 Å². The number of nitrogens with one attached hydrogen (secondary N) is 1. The number of nitrogens with zero attached hydrogens (tertiary/aromatic N) is 1. The summed E-state index contributed by atoms with van der Waals surface area (Å²) in [6, 6.07) is 1.63. The lowest BCUT2D eigenvalue weighted by atomic mass is 10.00. The molecule has 2 aliphatic heterocycles. The van der Waals surface area contributed by atoms with Gasteiger partial charge in [-0.2, -0.15) is 0 Å². The van der Waals surface area contributed by atoms with Crippen LogP contribution in [0.25, 0.3) is 0 Å². The average molecular weight is 248 g/mol. The lowest BCUT2D eigenvalue weighted by Crippen LogP contribution is -2.40. The van der Waals surface area contributed by atoms with Gasteiger partial charge in [0.15, 0.2) is 0 Å². The first kappa shape index (κ1) is 11.5. The van der Waals surface area contributed by atoms with Gasteiger partial charge in [-0.3, -0.25) is 9.59 Å². The largest absolute Gasteiger partial charge is 0.381 e. The summed E-state index contributed by atoms with van der Waals surface area (Å²) in [6.45, 7) is 2.54. The third-order valence-electron chi connectivity index (χ3n) is 3.71. The molecule has 0 saturated carbocycles. The predicted octanol–water partition coefficient (Wildman–Crippen LogP) is 0.296. The van der Waals surface area contributed by atoms with Gasteiger partial charge < -0.3 is 14.6 Å². The van der Waals surface area contributed by atoms with E-state index in [0.29, 0.717) is 26.3 Å². The first-order valence-corrected chi connectivity index (χ1v) is 6.31. The van der Waals surface area contributed by atoms with Crippen molar-refractivity contribution in [3.63, 3.8) is 0 Å². The summed E-state index contributed by atoms with van der Waals surface area (Å²) in [5, 5.41) is 0. The van der Waals surface area contributed by atoms with E-state index < -0.39 is 0 Å². The molecule has 0 bridgehead atoms. The summed E-state index contributed by atoms with van der Waals surface area (Å²) in [7, 11) is 0. The topological polar surface area (TPSA) is 62.4 Å². The van der Waals surface area contributed by atoms with E-state index >= 15 is 0 Å². The standard InChI is InChI=1S/C13H16N2O3/c16-12-5-9-1-3-15(7-11(9)6-14-12)13(17)10-2-4-18-8-10/h5-6,10H,1-4,7-8H2,(H,14,16). The van der Waals surface area contributed by atoms with Crippen LogP contribution in [0.5, 0.6) is 0 Å². The van der Waals surface area contributed by atoms with Gasteiger partial charge in [0.05, 0.1) is 12.5 Å². The fourth-order valence-corrected chi connectivity index (χ4v) is 2.64. The van der Waals surface area contributed by atoms with Crippen molar-refractivity contribution in [3.8, 4) is 0 Å². The zero-order valence-corrected chi connectivity index (χ0v) is 10.1. The number of aromatic nitrogens is 1. The van der Waals surface area contributed by atoms with Crippen molar-refractivity contribution in [3.05, 3.63) is 33.7 Å². The van der Waals surface area contributed by atoms with Crippen LogP contribution in [-0.4, -0.2) is 35.5 Å². The first-order valence-electron chi connectivity index (χ1n) is 6.31. The summed E-state index contributed by atoms with van der Waals surface area (Å²) >= 11 is 0. The minimum absolute atomic E-state index is 0.0225. The van der Waals surface area contributed by atoms with Crippen LogP contribution in [0.2, 0.25) is 0 Å². The van der Waals surface area contributed by atoms with Gasteiger partial charge in [0.25, 0.3) is 0 Å². The number of carbonyl (C=O) groups is 1. The molecule has 1 atom stereocenters. The number of amides is 1. The van der Waals surface area contributed by atoms with Crippen LogP contribution in [0.1, 0.15) is 17.5 Å². The van der Waals surface area contributed by atoms with Crippen LogP contribution >= 0.6 is 0 Å². The highest BCUT2D eigenvalue weighted by atomic mass is 16.5. The summed E-state index contributed by atoms with van der Waals surface area (Å²) in [6.07, 6.45) is 3.31. The Morgan fingerprint density at radius 3 is 3.11 bits per heavy atom. The quantitative estimate of drug-likeness (QED) is 0.777. The summed E-state index contributed by atoms with van der Waals surface area (Å²) < 4.78 is 5.26. The average Bonchev–Trinajstić information content (AvgIpc) is 2.91. The van der Waals surface area contributed by atoms with Crippen LogP contribution in [-0.2, 0) is 22.5 Å². The van der Waals surface area contributed by atoms with E-state index in [1.54, 1.807) is 12.3 Å². The Bertz CT molecular complexity index is 517. The Morgan fingerprint density at radius 1 is 1.44 bits per heavy atom. The molecule has 1 saturated heterocycles. The highest BCUT2D eigenvalue weighted by molar-refractivity contribution is 5.79. The number of rotatable bonds is 1. The molecule has 0 aliphatic carbocycles. The first-order chi connectivity index (χ1) is 8.74. The van der Waals surface area contributed by atoms with Crippen molar-refractivity contribution in [1.82, 2.24) is 9.88 Å². The van der Waals surface area contributed by atoms with E-state index in [9.17, 15) is 9.59 Å². The Morgan fingerprint density at radius 2 is 2.33 bits per heavy atom. The molecule has 96 valence electrons. The number of hydrogen-bond acceptors (Lipinski definition) is 3. The Balaban J connectivity index is 1.76. The van der Waals surface area contributed by atoms with Gasteiger partial charge in [-0.05, 0) is 24.0 Å². The molecule has 3 rings (SSSR count). The lowest BCUT2D eigenvalue weighted by molar-refractivity contribution is -0.136. The normalized spacial score (nSPS) is 22.9. The maximum Gasteiger partial charge on any atom is 0.248 e. The molecular formula is C13H16N2O3. The second kappa shape index (κ2) is 4.57. The lowest BCUT2D eigenvalue weighted by Gasteiger charge is -2.30. The molecule has 18 heavy (non-hydrogen) atoms. The summed E-state index contributed by atoms with van der Waals surface area (Å²) in [4.78, 5) is 28.0. The van der Waals surface area contributed by atoms with Crippen molar-refractivity contribution >= 4 is 5.91 Å². The van der Waals surface area contributed by atoms with Crippen molar-refractivity contribution in [2.24, 2.45) is 5.92 Å². The van der Waals surface area contributed by atoms with Crippen LogP contribution in [0.15, 0.2) is 17.1 Å². The second-order valence-electron chi connectivity index (χ2n) is 4.92. The summed E-state index contributed by atoms with van der Waals surface area (Å²) in [5.74, 6) is 0.207. The third-order valence-corrected chi connectivity index (χ3v) is 3.71. The minimum atomic E-state index is -0.0716. The fraction of sp³-hybridized carbons (Fsp3) is 0.538. The van der Waals surface area contributed by atoms with Gasteiger partial charge in [0.1, 0.15) is 0 Å². The zero-order chi connectivity index (χ0) is 12.5. The molecule has 2 aliphatic rings. The molecule has 0 radical (unpaired) electrons. The van der Waals surface area contributed by atoms with E-state index in [4.69, 9.17) is 4.74 Å². The third kappa shape index (κ3) is 2.06. The van der Waals surface area contributed by atoms with E-state index in [2.05, 4.69) is 4.98 Å². The number of H-pyrrole nitrogens is 1. The van der Waals surface area contributed by atoms with E-state index in [1.165, 1.54) is 0 Å². The Labute approximate surface area is 105 Å². The monoisotopic (exact) mass is 248 g/mol. The van der Waals surface area contributed by atoms with Crippen molar-refractivity contribution in [2.75, 3.05) is 19.8 Å². The van der Waals surface area contributed by atoms with E-state index in [1.807, 2.05) is 4.90 Å². The van der Waals surface area contributed by atoms with Gasteiger partial charge >= 0.3 is 0 Å². The van der Waals surface area contributed by atoms with E-state index in [-0.39, 0.29) is 17.4 Å². The number of pyridine rings is 1. The molecule has 1 aromatic rings. The highest BCUT2D eigenvalue weighted by Crippen LogP contribution is 2.21. The number of carbonyl (C=O) groups excluding carboxylic acids is 1. The molecule has 5 heteroatoms. The van der Waals surface area contributed by atoms with Gasteiger partial charge in [-0.1, -0.05) is 0 Å². The molecule has 3 heterocycles. The van der Waals surface area contributed by atoms with Gasteiger partial charge in [0.2, 0.25) is 11.5 Å². The number of aromatic amines is 1. The fourth-order valence-electron chi connectivity index (χ4n) is 2.64. The molecule has 5 nitrogen and oxygen atoms in total. The number of fused-ring (bicyclic) bond motifs is 1. The minimum Gasteiger partial charge on any atom is -0.381 e. The van der Waals surface area contributed by atoms with Crippen LogP contribution in [0.4, 0.5) is 0 Å². The number of ether oxygens (including phenoxy) is 1. The Hall–Kier alpha value is -1.62. The van der Waals surface area contributed by atoms with Crippen molar-refractivity contribution in [2.45, 2.75) is 19.4 Å². The molecular weight excluding hydrogens is 232 g/mol. The van der Waals surface area contributed by atoms with Crippen molar-refractivity contribution in [1.29, 1.82) is 0 Å². The Kier molecular flexibility index (Phi) is 2.91. The van der Waals surface area contributed by atoms with Crippen molar-refractivity contribution < 1.29 is 9.53 Å². The SMILES string of the molecule is O=C(C1CCOC1)N1CCc2cc(=O)[nH]cc2C1. The maximum atomic E-state index is 12.3. The predicted molar refractivity (Wildman–Crippen MR) is 65.1 cm³/mol. The maximum absolute atomic E-state index is 12.3. The second-order valence-corrected chi connectivity index (χ2v) is 4.92. The highest BCUT2D eigenvalue weighted by Gasteiger charge is 2.29. The molecule has 1 fully saturated rings. The molecule has 1 aromatic heterocycles. The molecule has 0 aromatic carbocycles. The number of hydrogen-bond donors (Lipinski definition) is 1. The van der Waals surface area contributed by atoms with Crippen LogP contribution in [0, 0.1) is 5.92 Å². The van der Waals surface area contributed by atoms with Crippen LogP contribution in [0.3, 0.4) is 0 Å². The molecule has 0 spiro atoms. The van der Waals surface area contributed by atoms with Gasteiger partial charge in [-0.15, -0.1) is 0 Å². The molecule has 1 amide bonds.